The van der Waals surface area contributed by atoms with E-state index in [0.29, 0.717) is 17.9 Å². The van der Waals surface area contributed by atoms with Crippen molar-refractivity contribution in [1.29, 1.82) is 0 Å². The van der Waals surface area contributed by atoms with Gasteiger partial charge in [0, 0.05) is 34.7 Å². The minimum Gasteiger partial charge on any atom is -0.493 e. The lowest BCUT2D eigenvalue weighted by atomic mass is 10.00. The van der Waals surface area contributed by atoms with Crippen molar-refractivity contribution in [2.45, 2.75) is 28.6 Å². The highest BCUT2D eigenvalue weighted by Crippen LogP contribution is 2.37. The predicted octanol–water partition coefficient (Wildman–Crippen LogP) is 4.76. The third-order valence-electron chi connectivity index (χ3n) is 4.48. The number of nitrogens with zero attached hydrogens (tertiary/aromatic N) is 2. The van der Waals surface area contributed by atoms with Crippen LogP contribution >= 0.6 is 23.1 Å². The number of fused-ring (bicyclic) bond motifs is 1. The Hall–Kier alpha value is -2.91. The van der Waals surface area contributed by atoms with Gasteiger partial charge < -0.3 is 10.1 Å². The number of para-hydroxylation sites is 1. The second-order valence-electron chi connectivity index (χ2n) is 6.50. The van der Waals surface area contributed by atoms with Crippen molar-refractivity contribution in [3.63, 3.8) is 0 Å². The number of rotatable bonds is 5. The van der Waals surface area contributed by atoms with Crippen molar-refractivity contribution in [2.75, 3.05) is 6.61 Å². The molecular weight excluding hydrogens is 410 g/mol. The topological polar surface area (TPSA) is 94.4 Å². The summed E-state index contributed by atoms with van der Waals surface area (Å²) in [5.74, 6) is 0.400. The third-order valence-corrected chi connectivity index (χ3v) is 6.60. The molecule has 1 aromatic heterocycles. The van der Waals surface area contributed by atoms with Crippen LogP contribution in [0.15, 0.2) is 57.1 Å². The fourth-order valence-corrected chi connectivity index (χ4v) is 4.97. The number of aryl methyl sites for hydroxylation is 1. The maximum Gasteiger partial charge on any atom is 0.284 e. The van der Waals surface area contributed by atoms with Gasteiger partial charge in [-0.05, 0) is 25.1 Å². The van der Waals surface area contributed by atoms with Crippen LogP contribution in [0.25, 0.3) is 0 Å². The number of hydrogen-bond acceptors (Lipinski definition) is 7. The molecule has 2 aromatic carbocycles. The molecule has 1 atom stereocenters. The van der Waals surface area contributed by atoms with E-state index in [4.69, 9.17) is 4.74 Å². The Bertz CT molecular complexity index is 1080. The van der Waals surface area contributed by atoms with E-state index < -0.39 is 4.92 Å². The molecule has 0 saturated heterocycles. The largest absolute Gasteiger partial charge is 0.493 e. The molecule has 2 heterocycles. The molecule has 0 bridgehead atoms. The highest BCUT2D eigenvalue weighted by atomic mass is 32.2. The Balaban J connectivity index is 1.56. The van der Waals surface area contributed by atoms with Crippen LogP contribution in [0.3, 0.4) is 0 Å². The molecule has 1 aliphatic heterocycles. The van der Waals surface area contributed by atoms with Crippen molar-refractivity contribution in [1.82, 2.24) is 10.3 Å². The van der Waals surface area contributed by atoms with Gasteiger partial charge in [0.05, 0.1) is 22.5 Å². The van der Waals surface area contributed by atoms with Crippen molar-refractivity contribution in [3.8, 4) is 5.75 Å². The number of hydrogen-bond donors (Lipinski definition) is 1. The highest BCUT2D eigenvalue weighted by molar-refractivity contribution is 8.01. The quantitative estimate of drug-likeness (QED) is 0.466. The summed E-state index contributed by atoms with van der Waals surface area (Å²) in [5.41, 5.74) is 1.92. The van der Waals surface area contributed by atoms with E-state index in [1.165, 1.54) is 29.2 Å². The summed E-state index contributed by atoms with van der Waals surface area (Å²) in [4.78, 5) is 28.7. The summed E-state index contributed by atoms with van der Waals surface area (Å²) in [7, 11) is 0. The molecule has 0 spiro atoms. The number of thiazole rings is 1. The van der Waals surface area contributed by atoms with Crippen molar-refractivity contribution in [3.05, 3.63) is 74.8 Å². The lowest BCUT2D eigenvalue weighted by Crippen LogP contribution is -2.32. The molecule has 3 aromatic rings. The molecule has 0 radical (unpaired) electrons. The van der Waals surface area contributed by atoms with Crippen LogP contribution in [0, 0.1) is 17.0 Å². The van der Waals surface area contributed by atoms with E-state index in [0.717, 1.165) is 21.3 Å². The Morgan fingerprint density at radius 1 is 1.34 bits per heavy atom. The maximum atomic E-state index is 12.8. The third kappa shape index (κ3) is 4.25. The number of carbonyl (C=O) groups is 1. The normalized spacial score (nSPS) is 15.3. The molecule has 0 unspecified atom stereocenters. The summed E-state index contributed by atoms with van der Waals surface area (Å²) in [5, 5.41) is 16.4. The Morgan fingerprint density at radius 3 is 2.93 bits per heavy atom. The van der Waals surface area contributed by atoms with E-state index in [-0.39, 0.29) is 23.2 Å². The second kappa shape index (κ2) is 8.22. The average Bonchev–Trinajstić information content (AvgIpc) is 3.13. The zero-order valence-corrected chi connectivity index (χ0v) is 17.1. The van der Waals surface area contributed by atoms with E-state index >= 15 is 0 Å². The number of carbonyl (C=O) groups excluding carboxylic acids is 1. The van der Waals surface area contributed by atoms with Crippen LogP contribution in [0.2, 0.25) is 0 Å². The Morgan fingerprint density at radius 2 is 2.17 bits per heavy atom. The van der Waals surface area contributed by atoms with Crippen LogP contribution in [0.5, 0.6) is 5.75 Å². The van der Waals surface area contributed by atoms with Gasteiger partial charge in [0.2, 0.25) is 0 Å². The first-order valence-electron chi connectivity index (χ1n) is 8.92. The number of benzene rings is 2. The molecule has 1 aliphatic rings. The smallest absolute Gasteiger partial charge is 0.284 e. The summed E-state index contributed by atoms with van der Waals surface area (Å²) >= 11 is 2.66. The molecule has 0 fully saturated rings. The molecule has 7 nitrogen and oxygen atoms in total. The van der Waals surface area contributed by atoms with Crippen LogP contribution < -0.4 is 10.1 Å². The summed E-state index contributed by atoms with van der Waals surface area (Å²) in [6, 6.07) is 11.9. The van der Waals surface area contributed by atoms with Crippen molar-refractivity contribution in [2.24, 2.45) is 0 Å². The molecule has 148 valence electrons. The second-order valence-corrected chi connectivity index (χ2v) is 8.64. The van der Waals surface area contributed by atoms with E-state index in [9.17, 15) is 14.9 Å². The highest BCUT2D eigenvalue weighted by Gasteiger charge is 2.25. The van der Waals surface area contributed by atoms with Gasteiger partial charge in [-0.1, -0.05) is 30.0 Å². The molecule has 1 amide bonds. The van der Waals surface area contributed by atoms with Gasteiger partial charge in [-0.25, -0.2) is 4.98 Å². The predicted molar refractivity (Wildman–Crippen MR) is 111 cm³/mol. The minimum absolute atomic E-state index is 0.108. The molecule has 9 heteroatoms. The molecule has 29 heavy (non-hydrogen) atoms. The van der Waals surface area contributed by atoms with Crippen molar-refractivity contribution >= 4 is 34.7 Å². The van der Waals surface area contributed by atoms with Gasteiger partial charge in [0.15, 0.2) is 4.34 Å². The van der Waals surface area contributed by atoms with Crippen LogP contribution in [-0.4, -0.2) is 22.4 Å². The first kappa shape index (κ1) is 19.4. The molecular formula is C20H17N3O4S2. The van der Waals surface area contributed by atoms with Gasteiger partial charge in [-0.15, -0.1) is 11.3 Å². The average molecular weight is 428 g/mol. The lowest BCUT2D eigenvalue weighted by Gasteiger charge is -2.26. The Kier molecular flexibility index (Phi) is 5.50. The van der Waals surface area contributed by atoms with Crippen LogP contribution in [-0.2, 0) is 0 Å². The van der Waals surface area contributed by atoms with Gasteiger partial charge in [0.1, 0.15) is 5.75 Å². The summed E-state index contributed by atoms with van der Waals surface area (Å²) < 4.78 is 6.34. The minimum atomic E-state index is -0.469. The maximum absolute atomic E-state index is 12.8. The molecule has 1 N–H and O–H groups in total. The van der Waals surface area contributed by atoms with Crippen molar-refractivity contribution < 1.29 is 14.5 Å². The summed E-state index contributed by atoms with van der Waals surface area (Å²) in [6.07, 6.45) is 0.641. The molecule has 4 rings (SSSR count). The van der Waals surface area contributed by atoms with Crippen LogP contribution in [0.4, 0.5) is 5.69 Å². The van der Waals surface area contributed by atoms with Gasteiger partial charge >= 0.3 is 0 Å². The first-order chi connectivity index (χ1) is 14.0. The number of nitro benzene ring substituents is 1. The standard InChI is InChI=1S/C20H17N3O4S2/c1-12-11-28-20(21-12)29-18-7-6-13(10-16(18)23(25)26)19(24)22-15-8-9-27-17-5-3-2-4-14(15)17/h2-7,10-11,15H,8-9H2,1H3,(H,22,24)/t15-/m1/s1. The monoisotopic (exact) mass is 427 g/mol. The van der Waals surface area contributed by atoms with Gasteiger partial charge in [-0.2, -0.15) is 0 Å². The SMILES string of the molecule is Cc1csc(Sc2ccc(C(=O)N[C@@H]3CCOc4ccccc43)cc2[N+](=O)[O-])n1. The fourth-order valence-electron chi connectivity index (χ4n) is 3.09. The number of nitro groups is 1. The fraction of sp³-hybridized carbons (Fsp3) is 0.200. The number of aromatic nitrogens is 1. The zero-order chi connectivity index (χ0) is 20.4. The van der Waals surface area contributed by atoms with E-state index in [1.807, 2.05) is 36.6 Å². The number of ether oxygens (including phenoxy) is 1. The zero-order valence-electron chi connectivity index (χ0n) is 15.5. The lowest BCUT2D eigenvalue weighted by molar-refractivity contribution is -0.387. The van der Waals surface area contributed by atoms with E-state index in [1.54, 1.807) is 12.1 Å². The number of amides is 1. The van der Waals surface area contributed by atoms with Gasteiger partial charge in [0.25, 0.3) is 11.6 Å². The molecule has 0 aliphatic carbocycles. The van der Waals surface area contributed by atoms with Gasteiger partial charge in [-0.3, -0.25) is 14.9 Å². The van der Waals surface area contributed by atoms with E-state index in [2.05, 4.69) is 10.3 Å². The van der Waals surface area contributed by atoms with Crippen LogP contribution in [0.1, 0.15) is 34.1 Å². The first-order valence-corrected chi connectivity index (χ1v) is 10.6. The Labute approximate surface area is 175 Å². The number of nitrogens with one attached hydrogen (secondary N) is 1. The summed E-state index contributed by atoms with van der Waals surface area (Å²) in [6.45, 7) is 2.38. The molecule has 0 saturated carbocycles.